The number of hydrogen-bond acceptors (Lipinski definition) is 4. The monoisotopic (exact) mass is 473 g/mol. The Labute approximate surface area is 196 Å². The summed E-state index contributed by atoms with van der Waals surface area (Å²) in [6.45, 7) is 19.4. The van der Waals surface area contributed by atoms with Crippen LogP contribution in [-0.2, 0) is 9.16 Å². The first-order chi connectivity index (χ1) is 14.7. The summed E-state index contributed by atoms with van der Waals surface area (Å²) in [7, 11) is -2.47. The minimum Gasteiger partial charge on any atom is -0.543 e. The molecule has 2 aromatic carbocycles. The fraction of sp³-hybridized carbons (Fsp3) is 0.480. The summed E-state index contributed by atoms with van der Waals surface area (Å²) in [4.78, 5) is 14.4. The van der Waals surface area contributed by atoms with E-state index in [1.165, 1.54) is 7.11 Å². The van der Waals surface area contributed by atoms with Crippen molar-refractivity contribution < 1.29 is 18.4 Å². The van der Waals surface area contributed by atoms with Crippen LogP contribution in [0.5, 0.6) is 5.75 Å². The lowest BCUT2D eigenvalue weighted by molar-refractivity contribution is 0.151. The molecule has 0 spiro atoms. The van der Waals surface area contributed by atoms with Crippen LogP contribution >= 0.6 is 0 Å². The maximum absolute atomic E-state index is 12.8. The number of amides is 1. The molecule has 0 saturated heterocycles. The molecule has 0 heterocycles. The van der Waals surface area contributed by atoms with E-state index in [2.05, 4.69) is 59.6 Å². The van der Waals surface area contributed by atoms with Gasteiger partial charge in [0.2, 0.25) is 8.32 Å². The number of para-hydroxylation sites is 1. The average molecular weight is 474 g/mol. The van der Waals surface area contributed by atoms with E-state index in [1.807, 2.05) is 49.4 Å². The fourth-order valence-corrected chi connectivity index (χ4v) is 5.36. The average Bonchev–Trinajstić information content (AvgIpc) is 2.66. The summed E-state index contributed by atoms with van der Waals surface area (Å²) in [5, 5.41) is 0.103. The quantitative estimate of drug-likeness (QED) is 0.308. The summed E-state index contributed by atoms with van der Waals surface area (Å²) in [5.74, 6) is 0.847. The Balaban J connectivity index is 2.52. The Morgan fingerprint density at radius 1 is 0.969 bits per heavy atom. The van der Waals surface area contributed by atoms with Gasteiger partial charge in [-0.25, -0.2) is 4.79 Å². The molecule has 1 atom stereocenters. The summed E-state index contributed by atoms with van der Waals surface area (Å²) >= 11 is 0. The summed E-state index contributed by atoms with van der Waals surface area (Å²) in [5.41, 5.74) is 2.64. The lowest BCUT2D eigenvalue weighted by Gasteiger charge is -2.36. The molecule has 0 fully saturated rings. The van der Waals surface area contributed by atoms with Gasteiger partial charge in [0.15, 0.2) is 8.32 Å². The van der Waals surface area contributed by atoms with Crippen molar-refractivity contribution in [2.75, 3.05) is 12.0 Å². The number of carbonyl (C=O) groups excluding carboxylic acids is 1. The Morgan fingerprint density at radius 3 is 2.16 bits per heavy atom. The van der Waals surface area contributed by atoms with Crippen LogP contribution in [0.15, 0.2) is 48.5 Å². The van der Waals surface area contributed by atoms with Gasteiger partial charge in [-0.05, 0) is 68.5 Å². The number of benzene rings is 2. The summed E-state index contributed by atoms with van der Waals surface area (Å²) in [6, 6.07) is 15.9. The molecule has 0 aliphatic heterocycles. The normalized spacial score (nSPS) is 13.4. The van der Waals surface area contributed by atoms with Gasteiger partial charge >= 0.3 is 6.09 Å². The standard InChI is InChI=1S/C25H39NO4Si2/c1-19(29-31(6,7)8)26(24(27)28-5)23-17-12-11-16-22(23)20-14-13-15-21(18-20)30-32(9,10)25(2,3)4/h11-19H,1-10H3. The smallest absolute Gasteiger partial charge is 0.416 e. The lowest BCUT2D eigenvalue weighted by atomic mass is 10.0. The van der Waals surface area contributed by atoms with Crippen molar-refractivity contribution in [3.63, 3.8) is 0 Å². The van der Waals surface area contributed by atoms with Crippen LogP contribution in [0.4, 0.5) is 10.5 Å². The lowest BCUT2D eigenvalue weighted by Crippen LogP contribution is -2.45. The SMILES string of the molecule is COC(=O)N(c1ccccc1-c1cccc(O[Si](C)(C)C(C)(C)C)c1)C(C)O[Si](C)(C)C. The maximum atomic E-state index is 12.8. The highest BCUT2D eigenvalue weighted by Gasteiger charge is 2.39. The molecular formula is C25H39NO4Si2. The third kappa shape index (κ3) is 6.46. The third-order valence-corrected chi connectivity index (χ3v) is 11.2. The maximum Gasteiger partial charge on any atom is 0.416 e. The first kappa shape index (κ1) is 26.2. The molecule has 176 valence electrons. The Kier molecular flexibility index (Phi) is 8.02. The highest BCUT2D eigenvalue weighted by Crippen LogP contribution is 2.39. The van der Waals surface area contributed by atoms with Crippen molar-refractivity contribution >= 4 is 28.4 Å². The molecule has 7 heteroatoms. The molecule has 5 nitrogen and oxygen atoms in total. The number of methoxy groups -OCH3 is 1. The van der Waals surface area contributed by atoms with Crippen molar-refractivity contribution in [2.45, 2.75) is 71.7 Å². The molecular weight excluding hydrogens is 434 g/mol. The first-order valence-electron chi connectivity index (χ1n) is 11.1. The van der Waals surface area contributed by atoms with E-state index in [0.717, 1.165) is 22.6 Å². The van der Waals surface area contributed by atoms with Gasteiger partial charge in [0, 0.05) is 5.56 Å². The van der Waals surface area contributed by atoms with Gasteiger partial charge in [0.25, 0.3) is 0 Å². The predicted molar refractivity (Wildman–Crippen MR) is 138 cm³/mol. The topological polar surface area (TPSA) is 48.0 Å². The largest absolute Gasteiger partial charge is 0.543 e. The van der Waals surface area contributed by atoms with E-state index in [1.54, 1.807) is 4.90 Å². The molecule has 32 heavy (non-hydrogen) atoms. The molecule has 0 radical (unpaired) electrons. The molecule has 2 aromatic rings. The Bertz CT molecular complexity index is 932. The molecule has 0 N–H and O–H groups in total. The van der Waals surface area contributed by atoms with Crippen molar-refractivity contribution in [2.24, 2.45) is 0 Å². The van der Waals surface area contributed by atoms with Gasteiger partial charge in [0.05, 0.1) is 12.8 Å². The number of carbonyl (C=O) groups is 1. The third-order valence-electron chi connectivity index (χ3n) is 5.75. The minimum absolute atomic E-state index is 0.103. The number of anilines is 1. The Hall–Kier alpha value is -2.10. The van der Waals surface area contributed by atoms with Crippen molar-refractivity contribution in [3.05, 3.63) is 48.5 Å². The van der Waals surface area contributed by atoms with Crippen LogP contribution in [0.1, 0.15) is 27.7 Å². The molecule has 1 amide bonds. The highest BCUT2D eigenvalue weighted by molar-refractivity contribution is 6.74. The second-order valence-electron chi connectivity index (χ2n) is 10.6. The molecule has 1 unspecified atom stereocenters. The Morgan fingerprint density at radius 2 is 1.59 bits per heavy atom. The zero-order chi connectivity index (χ0) is 24.3. The van der Waals surface area contributed by atoms with Crippen LogP contribution < -0.4 is 9.33 Å². The van der Waals surface area contributed by atoms with Gasteiger partial charge in [-0.1, -0.05) is 51.1 Å². The second-order valence-corrected chi connectivity index (χ2v) is 19.8. The second kappa shape index (κ2) is 9.81. The first-order valence-corrected chi connectivity index (χ1v) is 17.4. The van der Waals surface area contributed by atoms with Crippen LogP contribution in [0.2, 0.25) is 37.8 Å². The van der Waals surface area contributed by atoms with E-state index in [-0.39, 0.29) is 5.04 Å². The molecule has 0 aliphatic rings. The summed E-state index contributed by atoms with van der Waals surface area (Å²) in [6.07, 6.45) is -0.904. The zero-order valence-corrected chi connectivity index (χ0v) is 23.3. The van der Waals surface area contributed by atoms with E-state index in [4.69, 9.17) is 13.6 Å². The number of hydrogen-bond donors (Lipinski definition) is 0. The van der Waals surface area contributed by atoms with Crippen LogP contribution in [0, 0.1) is 0 Å². The van der Waals surface area contributed by atoms with Crippen molar-refractivity contribution in [1.29, 1.82) is 0 Å². The molecule has 0 bridgehead atoms. The van der Waals surface area contributed by atoms with Crippen molar-refractivity contribution in [3.8, 4) is 16.9 Å². The van der Waals surface area contributed by atoms with E-state index in [9.17, 15) is 4.79 Å². The minimum atomic E-state index is -1.97. The highest BCUT2D eigenvalue weighted by atomic mass is 28.4. The number of ether oxygens (including phenoxy) is 1. The van der Waals surface area contributed by atoms with Crippen LogP contribution in [0.25, 0.3) is 11.1 Å². The van der Waals surface area contributed by atoms with E-state index in [0.29, 0.717) is 0 Å². The van der Waals surface area contributed by atoms with Crippen LogP contribution in [-0.4, -0.2) is 36.1 Å². The van der Waals surface area contributed by atoms with Gasteiger partial charge < -0.3 is 13.6 Å². The van der Waals surface area contributed by atoms with E-state index < -0.39 is 29.0 Å². The van der Waals surface area contributed by atoms with Gasteiger partial charge in [-0.2, -0.15) is 0 Å². The van der Waals surface area contributed by atoms with Gasteiger partial charge in [-0.3, -0.25) is 4.90 Å². The fourth-order valence-electron chi connectivity index (χ4n) is 3.21. The molecule has 2 rings (SSSR count). The molecule has 0 saturated carbocycles. The van der Waals surface area contributed by atoms with Crippen LogP contribution in [0.3, 0.4) is 0 Å². The predicted octanol–water partition coefficient (Wildman–Crippen LogP) is 7.51. The zero-order valence-electron chi connectivity index (χ0n) is 21.3. The summed E-state index contributed by atoms with van der Waals surface area (Å²) < 4.78 is 17.9. The van der Waals surface area contributed by atoms with Crippen molar-refractivity contribution in [1.82, 2.24) is 0 Å². The van der Waals surface area contributed by atoms with Gasteiger partial charge in [-0.15, -0.1) is 0 Å². The van der Waals surface area contributed by atoms with Gasteiger partial charge in [0.1, 0.15) is 12.0 Å². The number of nitrogens with zero attached hydrogens (tertiary/aromatic N) is 1. The molecule has 0 aromatic heterocycles. The van der Waals surface area contributed by atoms with E-state index >= 15 is 0 Å². The molecule has 0 aliphatic carbocycles. The number of rotatable bonds is 7.